The van der Waals surface area contributed by atoms with Crippen molar-refractivity contribution in [1.29, 1.82) is 0 Å². The minimum absolute atomic E-state index is 0.260. The monoisotopic (exact) mass is 333 g/mol. The number of para-hydroxylation sites is 1. The maximum atomic E-state index is 12.2. The Hall–Kier alpha value is -3.34. The molecule has 1 amide bonds. The third-order valence-electron chi connectivity index (χ3n) is 3.62. The molecule has 3 aromatic rings. The van der Waals surface area contributed by atoms with Crippen molar-refractivity contribution in [1.82, 2.24) is 9.99 Å². The number of carbonyl (C=O) groups excluding carboxylic acids is 1. The van der Waals surface area contributed by atoms with Gasteiger partial charge in [-0.15, -0.1) is 0 Å². The Morgan fingerprint density at radius 2 is 1.80 bits per heavy atom. The highest BCUT2D eigenvalue weighted by Gasteiger charge is 2.05. The summed E-state index contributed by atoms with van der Waals surface area (Å²) in [6, 6.07) is 18.8. The molecule has 5 heteroatoms. The molecule has 0 unspecified atom stereocenters. The molecule has 25 heavy (non-hydrogen) atoms. The molecule has 1 heterocycles. The van der Waals surface area contributed by atoms with Crippen LogP contribution in [0.25, 0.3) is 5.69 Å². The van der Waals surface area contributed by atoms with Gasteiger partial charge >= 0.3 is 0 Å². The van der Waals surface area contributed by atoms with Gasteiger partial charge in [-0.3, -0.25) is 4.79 Å². The molecular weight excluding hydrogens is 314 g/mol. The van der Waals surface area contributed by atoms with Gasteiger partial charge in [-0.1, -0.05) is 12.1 Å². The van der Waals surface area contributed by atoms with E-state index < -0.39 is 0 Å². The Morgan fingerprint density at radius 1 is 1.08 bits per heavy atom. The first kappa shape index (κ1) is 16.5. The lowest BCUT2D eigenvalue weighted by Gasteiger charge is -2.06. The Bertz CT molecular complexity index is 853. The van der Waals surface area contributed by atoms with Crippen molar-refractivity contribution in [3.05, 3.63) is 84.2 Å². The highest BCUT2D eigenvalue weighted by atomic mass is 16.5. The fourth-order valence-corrected chi connectivity index (χ4v) is 2.39. The van der Waals surface area contributed by atoms with Crippen LogP contribution in [0, 0.1) is 0 Å². The number of nitrogens with one attached hydrogen (secondary N) is 1. The number of aromatic nitrogens is 1. The third kappa shape index (κ3) is 4.14. The van der Waals surface area contributed by atoms with Crippen LogP contribution >= 0.6 is 0 Å². The Labute approximate surface area is 146 Å². The van der Waals surface area contributed by atoms with E-state index in [0.29, 0.717) is 12.2 Å². The molecule has 0 atom stereocenters. The van der Waals surface area contributed by atoms with Crippen molar-refractivity contribution in [2.75, 3.05) is 6.61 Å². The maximum Gasteiger partial charge on any atom is 0.271 e. The van der Waals surface area contributed by atoms with Crippen molar-refractivity contribution < 1.29 is 9.53 Å². The minimum atomic E-state index is -0.260. The smallest absolute Gasteiger partial charge is 0.271 e. The van der Waals surface area contributed by atoms with Gasteiger partial charge in [0.15, 0.2) is 0 Å². The molecular formula is C20H19N3O2. The number of rotatable bonds is 6. The summed E-state index contributed by atoms with van der Waals surface area (Å²) in [7, 11) is 0. The van der Waals surface area contributed by atoms with E-state index >= 15 is 0 Å². The van der Waals surface area contributed by atoms with Crippen LogP contribution in [0.3, 0.4) is 0 Å². The topological polar surface area (TPSA) is 55.6 Å². The Balaban J connectivity index is 1.65. The number of ether oxygens (including phenoxy) is 1. The van der Waals surface area contributed by atoms with Crippen molar-refractivity contribution in [3.8, 4) is 11.4 Å². The lowest BCUT2D eigenvalue weighted by molar-refractivity contribution is 0.0955. The van der Waals surface area contributed by atoms with Gasteiger partial charge < -0.3 is 9.30 Å². The predicted octanol–water partition coefficient (Wildman–Crippen LogP) is 3.64. The van der Waals surface area contributed by atoms with E-state index in [0.717, 1.165) is 17.0 Å². The zero-order valence-electron chi connectivity index (χ0n) is 13.9. The second-order valence-electron chi connectivity index (χ2n) is 5.31. The molecule has 5 nitrogen and oxygen atoms in total. The van der Waals surface area contributed by atoms with Crippen LogP contribution in [0.1, 0.15) is 22.8 Å². The van der Waals surface area contributed by atoms with Gasteiger partial charge in [0, 0.05) is 29.2 Å². The van der Waals surface area contributed by atoms with Crippen LogP contribution in [-0.2, 0) is 0 Å². The zero-order valence-corrected chi connectivity index (χ0v) is 13.9. The minimum Gasteiger partial charge on any atom is -0.493 e. The van der Waals surface area contributed by atoms with Crippen LogP contribution in [0.5, 0.6) is 5.75 Å². The van der Waals surface area contributed by atoms with E-state index in [1.807, 2.05) is 72.4 Å². The summed E-state index contributed by atoms with van der Waals surface area (Å²) >= 11 is 0. The normalized spacial score (nSPS) is 10.8. The molecule has 2 aromatic carbocycles. The van der Waals surface area contributed by atoms with Crippen LogP contribution in [0.4, 0.5) is 0 Å². The number of carbonyl (C=O) groups is 1. The number of amides is 1. The number of hydrazone groups is 1. The molecule has 0 aliphatic heterocycles. The van der Waals surface area contributed by atoms with Gasteiger partial charge in [0.25, 0.3) is 5.91 Å². The van der Waals surface area contributed by atoms with Gasteiger partial charge in [-0.25, -0.2) is 5.43 Å². The molecule has 0 fully saturated rings. The molecule has 1 N–H and O–H groups in total. The average molecular weight is 333 g/mol. The van der Waals surface area contributed by atoms with Gasteiger partial charge in [0.05, 0.1) is 12.8 Å². The lowest BCUT2D eigenvalue weighted by atomic mass is 10.2. The fourth-order valence-electron chi connectivity index (χ4n) is 2.39. The number of hydrogen-bond acceptors (Lipinski definition) is 3. The molecule has 126 valence electrons. The second kappa shape index (κ2) is 7.97. The summed E-state index contributed by atoms with van der Waals surface area (Å²) in [5.41, 5.74) is 4.90. The van der Waals surface area contributed by atoms with Gasteiger partial charge in [-0.2, -0.15) is 5.10 Å². The molecule has 0 radical (unpaired) electrons. The molecule has 0 spiro atoms. The van der Waals surface area contributed by atoms with E-state index in [1.165, 1.54) is 0 Å². The van der Waals surface area contributed by atoms with Crippen LogP contribution in [0.15, 0.2) is 78.2 Å². The van der Waals surface area contributed by atoms with E-state index in [4.69, 9.17) is 4.74 Å². The quantitative estimate of drug-likeness (QED) is 0.553. The summed E-state index contributed by atoms with van der Waals surface area (Å²) in [6.07, 6.45) is 5.49. The largest absolute Gasteiger partial charge is 0.493 e. The van der Waals surface area contributed by atoms with Crippen molar-refractivity contribution in [3.63, 3.8) is 0 Å². The van der Waals surface area contributed by atoms with Crippen molar-refractivity contribution in [2.45, 2.75) is 6.92 Å². The molecule has 1 aromatic heterocycles. The second-order valence-corrected chi connectivity index (χ2v) is 5.31. The summed E-state index contributed by atoms with van der Waals surface area (Å²) < 4.78 is 7.50. The predicted molar refractivity (Wildman–Crippen MR) is 98.4 cm³/mol. The Kier molecular flexibility index (Phi) is 5.26. The lowest BCUT2D eigenvalue weighted by Crippen LogP contribution is -2.17. The Morgan fingerprint density at radius 3 is 2.52 bits per heavy atom. The summed E-state index contributed by atoms with van der Waals surface area (Å²) in [5, 5.41) is 4.02. The first-order chi connectivity index (χ1) is 12.3. The highest BCUT2D eigenvalue weighted by molar-refractivity contribution is 5.95. The molecule has 0 aliphatic carbocycles. The van der Waals surface area contributed by atoms with Crippen LogP contribution < -0.4 is 10.2 Å². The van der Waals surface area contributed by atoms with E-state index in [-0.39, 0.29) is 5.91 Å². The maximum absolute atomic E-state index is 12.2. The van der Waals surface area contributed by atoms with Crippen molar-refractivity contribution in [2.24, 2.45) is 5.10 Å². The zero-order chi connectivity index (χ0) is 17.5. The van der Waals surface area contributed by atoms with Gasteiger partial charge in [-0.05, 0) is 55.5 Å². The average Bonchev–Trinajstić information content (AvgIpc) is 3.18. The summed E-state index contributed by atoms with van der Waals surface area (Å²) in [6.45, 7) is 2.50. The fraction of sp³-hybridized carbons (Fsp3) is 0.100. The first-order valence-electron chi connectivity index (χ1n) is 8.06. The van der Waals surface area contributed by atoms with Gasteiger partial charge in [0.2, 0.25) is 0 Å². The van der Waals surface area contributed by atoms with Gasteiger partial charge in [0.1, 0.15) is 5.75 Å². The van der Waals surface area contributed by atoms with Crippen molar-refractivity contribution >= 4 is 12.1 Å². The molecule has 0 saturated heterocycles. The molecule has 0 aliphatic rings. The number of nitrogens with zero attached hydrogens (tertiary/aromatic N) is 2. The summed E-state index contributed by atoms with van der Waals surface area (Å²) in [5.74, 6) is 0.475. The van der Waals surface area contributed by atoms with Crippen LogP contribution in [-0.4, -0.2) is 23.3 Å². The third-order valence-corrected chi connectivity index (χ3v) is 3.62. The number of benzene rings is 2. The molecule has 3 rings (SSSR count). The number of hydrogen-bond donors (Lipinski definition) is 1. The first-order valence-corrected chi connectivity index (χ1v) is 8.06. The molecule has 0 saturated carbocycles. The van der Waals surface area contributed by atoms with E-state index in [1.54, 1.807) is 18.3 Å². The van der Waals surface area contributed by atoms with Crippen LogP contribution in [0.2, 0.25) is 0 Å². The SMILES string of the molecule is CCOc1ccccc1C=NNC(=O)c1ccc(-n2cccc2)cc1. The molecule has 0 bridgehead atoms. The standard InChI is InChI=1S/C20H19N3O2/c1-2-25-19-8-4-3-7-17(19)15-21-22-20(24)16-9-11-18(12-10-16)23-13-5-6-14-23/h3-15H,2H2,1H3,(H,22,24). The van der Waals surface area contributed by atoms with E-state index in [2.05, 4.69) is 10.5 Å². The highest BCUT2D eigenvalue weighted by Crippen LogP contribution is 2.15. The van der Waals surface area contributed by atoms with E-state index in [9.17, 15) is 4.79 Å². The summed E-state index contributed by atoms with van der Waals surface area (Å²) in [4.78, 5) is 12.2.